The number of carbonyl (C=O) groups excluding carboxylic acids is 1. The molecular weight excluding hydrogens is 460 g/mol. The number of aromatic nitrogens is 3. The van der Waals surface area contributed by atoms with Crippen LogP contribution in [0.2, 0.25) is 0 Å². The van der Waals surface area contributed by atoms with Gasteiger partial charge in [-0.2, -0.15) is 0 Å². The molecule has 4 aromatic rings. The minimum Gasteiger partial charge on any atom is -0.397 e. The number of benzene rings is 1. The fourth-order valence-corrected chi connectivity index (χ4v) is 5.61. The van der Waals surface area contributed by atoms with E-state index >= 15 is 0 Å². The minimum atomic E-state index is -3.08. The van der Waals surface area contributed by atoms with Gasteiger partial charge in [-0.25, -0.2) is 4.98 Å². The van der Waals surface area contributed by atoms with E-state index in [1.807, 2.05) is 38.2 Å². The van der Waals surface area contributed by atoms with Crippen molar-refractivity contribution in [1.29, 1.82) is 0 Å². The molecule has 2 N–H and O–H groups in total. The smallest absolute Gasteiger partial charge is 0.253 e. The number of pyridine rings is 2. The summed E-state index contributed by atoms with van der Waals surface area (Å²) in [5.74, 6) is -0.760. The van der Waals surface area contributed by atoms with Gasteiger partial charge in [-0.1, -0.05) is 6.07 Å². The molecule has 1 atom stereocenters. The summed E-state index contributed by atoms with van der Waals surface area (Å²) < 4.78 is 47.5. The third-order valence-corrected chi connectivity index (χ3v) is 7.69. The van der Waals surface area contributed by atoms with E-state index in [4.69, 9.17) is 14.0 Å². The summed E-state index contributed by atoms with van der Waals surface area (Å²) in [6.07, 6.45) is 5.30. The van der Waals surface area contributed by atoms with E-state index in [2.05, 4.69) is 32.4 Å². The number of piperidine rings is 1. The number of likely N-dealkylation sites (tertiary alicyclic amines) is 1. The first-order valence-corrected chi connectivity index (χ1v) is 12.5. The second-order valence-electron chi connectivity index (χ2n) is 9.90. The predicted molar refractivity (Wildman–Crippen MR) is 150 cm³/mol. The Morgan fingerprint density at radius 2 is 1.92 bits per heavy atom. The molecule has 7 heteroatoms. The summed E-state index contributed by atoms with van der Waals surface area (Å²) in [7, 11) is 2.04. The molecule has 1 aliphatic rings. The lowest BCUT2D eigenvalue weighted by Crippen LogP contribution is -2.35. The Hall–Kier alpha value is -3.71. The van der Waals surface area contributed by atoms with Crippen LogP contribution in [0.25, 0.3) is 22.3 Å². The van der Waals surface area contributed by atoms with Crippen molar-refractivity contribution in [2.75, 3.05) is 32.8 Å². The van der Waals surface area contributed by atoms with Crippen molar-refractivity contribution in [1.82, 2.24) is 24.3 Å². The van der Waals surface area contributed by atoms with Gasteiger partial charge < -0.3 is 15.2 Å². The highest BCUT2D eigenvalue weighted by Crippen LogP contribution is 2.36. The SMILES string of the molecule is [2H]C([2H])([2H])N(C(=O)c1ccc(C2CCN(C(C)c3cc4c(-c5ccc(N)cn5)ccnc4n3C)CC2)c(C)c1)C([2H])([2H])[2H]. The molecule has 1 aromatic carbocycles. The Balaban J connectivity index is 1.31. The molecule has 1 unspecified atom stereocenters. The van der Waals surface area contributed by atoms with E-state index in [0.29, 0.717) is 5.69 Å². The van der Waals surface area contributed by atoms with Gasteiger partial charge in [-0.05, 0) is 93.2 Å². The summed E-state index contributed by atoms with van der Waals surface area (Å²) in [6, 6.07) is 13.1. The lowest BCUT2D eigenvalue weighted by atomic mass is 9.85. The van der Waals surface area contributed by atoms with Crippen molar-refractivity contribution >= 4 is 22.6 Å². The normalized spacial score (nSPS) is 18.8. The maximum Gasteiger partial charge on any atom is 0.253 e. The molecule has 192 valence electrons. The second-order valence-corrected chi connectivity index (χ2v) is 9.90. The highest BCUT2D eigenvalue weighted by atomic mass is 16.2. The number of nitrogens with two attached hydrogens (primary N) is 1. The van der Waals surface area contributed by atoms with Gasteiger partial charge in [-0.15, -0.1) is 0 Å². The van der Waals surface area contributed by atoms with Gasteiger partial charge >= 0.3 is 0 Å². The van der Waals surface area contributed by atoms with E-state index in [1.165, 1.54) is 0 Å². The molecule has 1 amide bonds. The third-order valence-electron chi connectivity index (χ3n) is 7.69. The van der Waals surface area contributed by atoms with Crippen LogP contribution < -0.4 is 5.73 Å². The molecule has 7 nitrogen and oxygen atoms in total. The molecule has 1 aliphatic heterocycles. The largest absolute Gasteiger partial charge is 0.397 e. The van der Waals surface area contributed by atoms with Gasteiger partial charge in [-0.3, -0.25) is 14.7 Å². The molecule has 0 bridgehead atoms. The number of anilines is 1. The molecule has 3 aromatic heterocycles. The fourth-order valence-electron chi connectivity index (χ4n) is 5.61. The van der Waals surface area contributed by atoms with Crippen molar-refractivity contribution in [3.05, 3.63) is 77.2 Å². The van der Waals surface area contributed by atoms with Gasteiger partial charge in [0.05, 0.1) is 17.6 Å². The molecule has 1 fully saturated rings. The summed E-state index contributed by atoms with van der Waals surface area (Å²) in [5, 5.41) is 1.04. The lowest BCUT2D eigenvalue weighted by Gasteiger charge is -2.37. The molecule has 1 saturated heterocycles. The van der Waals surface area contributed by atoms with Crippen LogP contribution in [-0.4, -0.2) is 57.3 Å². The Kier molecular flexibility index (Phi) is 4.99. The Labute approximate surface area is 227 Å². The number of hydrogen-bond acceptors (Lipinski definition) is 5. The van der Waals surface area contributed by atoms with Crippen LogP contribution in [0.15, 0.2) is 54.9 Å². The number of carbonyl (C=O) groups is 1. The summed E-state index contributed by atoms with van der Waals surface area (Å²) in [6.45, 7) is -0.312. The van der Waals surface area contributed by atoms with E-state index in [-0.39, 0.29) is 22.4 Å². The number of nitrogens with zero attached hydrogens (tertiary/aromatic N) is 5. The minimum absolute atomic E-state index is 0.00601. The zero-order valence-corrected chi connectivity index (χ0v) is 21.4. The number of nitrogen functional groups attached to an aromatic ring is 1. The van der Waals surface area contributed by atoms with E-state index in [1.54, 1.807) is 24.5 Å². The summed E-state index contributed by atoms with van der Waals surface area (Å²) in [5.41, 5.74) is 12.4. The number of amides is 1. The molecule has 5 rings (SSSR count). The van der Waals surface area contributed by atoms with Gasteiger partial charge in [0.1, 0.15) is 5.65 Å². The van der Waals surface area contributed by atoms with Crippen LogP contribution in [0, 0.1) is 6.92 Å². The average molecular weight is 503 g/mol. The highest BCUT2D eigenvalue weighted by Gasteiger charge is 2.27. The van der Waals surface area contributed by atoms with Gasteiger partial charge in [0.25, 0.3) is 5.91 Å². The summed E-state index contributed by atoms with van der Waals surface area (Å²) >= 11 is 0. The van der Waals surface area contributed by atoms with Gasteiger partial charge in [0, 0.05) is 63.7 Å². The molecule has 0 saturated carbocycles. The van der Waals surface area contributed by atoms with Crippen LogP contribution in [0.1, 0.15) is 67.1 Å². The number of aryl methyl sites for hydroxylation is 2. The van der Waals surface area contributed by atoms with Crippen LogP contribution in [-0.2, 0) is 7.05 Å². The fraction of sp³-hybridized carbons (Fsp3) is 0.367. The quantitative estimate of drug-likeness (QED) is 0.407. The topological polar surface area (TPSA) is 80.3 Å². The van der Waals surface area contributed by atoms with Gasteiger partial charge in [0.15, 0.2) is 0 Å². The van der Waals surface area contributed by atoms with Gasteiger partial charge in [0.2, 0.25) is 0 Å². The molecule has 0 spiro atoms. The molecule has 37 heavy (non-hydrogen) atoms. The third kappa shape index (κ3) is 4.71. The van der Waals surface area contributed by atoms with Crippen LogP contribution >= 0.6 is 0 Å². The lowest BCUT2D eigenvalue weighted by molar-refractivity contribution is 0.0827. The highest BCUT2D eigenvalue weighted by molar-refractivity contribution is 5.94. The predicted octanol–water partition coefficient (Wildman–Crippen LogP) is 5.17. The van der Waals surface area contributed by atoms with Crippen molar-refractivity contribution in [3.8, 4) is 11.3 Å². The van der Waals surface area contributed by atoms with E-state index in [0.717, 1.165) is 65.0 Å². The van der Waals surface area contributed by atoms with E-state index < -0.39 is 19.9 Å². The van der Waals surface area contributed by atoms with Crippen LogP contribution in [0.3, 0.4) is 0 Å². The van der Waals surface area contributed by atoms with Crippen LogP contribution in [0.4, 0.5) is 5.69 Å². The monoisotopic (exact) mass is 502 g/mol. The number of fused-ring (bicyclic) bond motifs is 1. The first-order valence-electron chi connectivity index (χ1n) is 15.5. The maximum absolute atomic E-state index is 12.9. The van der Waals surface area contributed by atoms with Crippen molar-refractivity contribution in [2.24, 2.45) is 7.05 Å². The first-order chi connectivity index (χ1) is 20.2. The second kappa shape index (κ2) is 9.98. The van der Waals surface area contributed by atoms with Crippen molar-refractivity contribution in [2.45, 2.75) is 38.6 Å². The zero-order chi connectivity index (χ0) is 31.3. The van der Waals surface area contributed by atoms with Crippen molar-refractivity contribution < 1.29 is 13.0 Å². The van der Waals surface area contributed by atoms with Crippen LogP contribution in [0.5, 0.6) is 0 Å². The molecule has 0 radical (unpaired) electrons. The maximum atomic E-state index is 12.9. The molecule has 4 heterocycles. The van der Waals surface area contributed by atoms with Crippen molar-refractivity contribution in [3.63, 3.8) is 0 Å². The number of rotatable bonds is 5. The number of hydrogen-bond donors (Lipinski definition) is 1. The van der Waals surface area contributed by atoms with E-state index in [9.17, 15) is 4.79 Å². The summed E-state index contributed by atoms with van der Waals surface area (Å²) in [4.78, 5) is 24.6. The molecule has 0 aliphatic carbocycles. The zero-order valence-electron chi connectivity index (χ0n) is 27.4. The average Bonchev–Trinajstić information content (AvgIpc) is 3.28. The molecular formula is C30H36N6O. The Bertz CT molecular complexity index is 1620. The Morgan fingerprint density at radius 3 is 2.59 bits per heavy atom. The first kappa shape index (κ1) is 18.5. The standard InChI is InChI=1S/C30H36N6O/c1-19-16-22(30(37)34(3)4)6-8-24(19)21-11-14-36(15-12-21)20(2)28-17-26-25(10-13-32-29(26)35(28)5)27-9-7-23(31)18-33-27/h6-10,13,16-18,20-21H,11-12,14-15,31H2,1-5H3/i3D3,4D3. The Morgan fingerprint density at radius 1 is 1.14 bits per heavy atom.